The van der Waals surface area contributed by atoms with E-state index in [-0.39, 0.29) is 27.8 Å². The van der Waals surface area contributed by atoms with Crippen molar-refractivity contribution in [1.29, 1.82) is 0 Å². The van der Waals surface area contributed by atoms with E-state index in [0.717, 1.165) is 22.5 Å². The maximum absolute atomic E-state index is 9.24. The Balaban J connectivity index is 2.47. The van der Waals surface area contributed by atoms with Crippen molar-refractivity contribution in [3.05, 3.63) is 61.0 Å². The van der Waals surface area contributed by atoms with Gasteiger partial charge in [-0.1, -0.05) is 0 Å². The molecule has 0 bridgehead atoms. The van der Waals surface area contributed by atoms with Gasteiger partial charge in [-0.15, -0.1) is 0 Å². The summed E-state index contributed by atoms with van der Waals surface area (Å²) < 4.78 is 9.73. The van der Waals surface area contributed by atoms with Crippen LogP contribution >= 0.6 is 0 Å². The quantitative estimate of drug-likeness (QED) is 0.773. The number of aliphatic hydroxyl groups is 1. The molecule has 0 spiro atoms. The number of benzene rings is 1. The number of hydrogen-bond acceptors (Lipinski definition) is 2. The van der Waals surface area contributed by atoms with Gasteiger partial charge in [0, 0.05) is 0 Å². The van der Waals surface area contributed by atoms with Crippen molar-refractivity contribution in [2.45, 2.75) is 13.5 Å². The van der Waals surface area contributed by atoms with Crippen molar-refractivity contribution in [2.24, 2.45) is 0 Å². The minimum atomic E-state index is -0.0691. The Kier molecular flexibility index (Phi) is 4.60. The van der Waals surface area contributed by atoms with E-state index >= 15 is 0 Å². The molecule has 0 aromatic heterocycles. The summed E-state index contributed by atoms with van der Waals surface area (Å²) in [5, 5.41) is 9.24. The number of aliphatic hydroxyl groups excluding tert-OH is 1. The first kappa shape index (κ1) is 13.4. The Morgan fingerprint density at radius 1 is 1.33 bits per heavy atom. The van der Waals surface area contributed by atoms with Crippen molar-refractivity contribution < 1.29 is 31.0 Å². The SMILES string of the molecule is COC1=C[I-]C=CC(c2cc(CO)ccc2C)=C1. The van der Waals surface area contributed by atoms with Crippen LogP contribution in [0.3, 0.4) is 0 Å². The fourth-order valence-electron chi connectivity index (χ4n) is 1.79. The van der Waals surface area contributed by atoms with E-state index < -0.39 is 0 Å². The molecule has 0 atom stereocenters. The Morgan fingerprint density at radius 3 is 2.89 bits per heavy atom. The van der Waals surface area contributed by atoms with Crippen LogP contribution in [0, 0.1) is 6.92 Å². The summed E-state index contributed by atoms with van der Waals surface area (Å²) in [6.45, 7) is 2.16. The summed E-state index contributed by atoms with van der Waals surface area (Å²) in [4.78, 5) is 0. The molecule has 0 saturated carbocycles. The van der Waals surface area contributed by atoms with E-state index in [9.17, 15) is 5.11 Å². The number of aryl methyl sites for hydroxylation is 1. The maximum atomic E-state index is 9.24. The zero-order valence-corrected chi connectivity index (χ0v) is 12.6. The van der Waals surface area contributed by atoms with Gasteiger partial charge in [-0.3, -0.25) is 0 Å². The predicted octanol–water partition coefficient (Wildman–Crippen LogP) is -0.0252. The molecule has 1 aromatic carbocycles. The molecule has 1 aliphatic heterocycles. The van der Waals surface area contributed by atoms with Gasteiger partial charge in [0.15, 0.2) is 0 Å². The first-order chi connectivity index (χ1) is 8.74. The van der Waals surface area contributed by atoms with Gasteiger partial charge in [0.05, 0.1) is 0 Å². The molecular formula is C15H16IO2-. The first-order valence-corrected chi connectivity index (χ1v) is 8.19. The summed E-state index contributed by atoms with van der Waals surface area (Å²) in [5.74, 6) is 0.927. The zero-order valence-electron chi connectivity index (χ0n) is 10.5. The Morgan fingerprint density at radius 2 is 2.17 bits per heavy atom. The molecule has 18 heavy (non-hydrogen) atoms. The molecule has 0 fully saturated rings. The van der Waals surface area contributed by atoms with Gasteiger partial charge in [0.2, 0.25) is 0 Å². The van der Waals surface area contributed by atoms with Crippen molar-refractivity contribution in [3.63, 3.8) is 0 Å². The van der Waals surface area contributed by atoms with Gasteiger partial charge < -0.3 is 0 Å². The third-order valence-corrected chi connectivity index (χ3v) is 4.56. The molecule has 0 aliphatic carbocycles. The molecule has 1 aliphatic rings. The summed E-state index contributed by atoms with van der Waals surface area (Å²) in [6, 6.07) is 6.05. The van der Waals surface area contributed by atoms with Gasteiger partial charge in [0.1, 0.15) is 0 Å². The molecule has 0 amide bonds. The zero-order chi connectivity index (χ0) is 13.0. The number of ether oxygens (including phenoxy) is 1. The predicted molar refractivity (Wildman–Crippen MR) is 69.3 cm³/mol. The van der Waals surface area contributed by atoms with E-state index in [4.69, 9.17) is 4.74 Å². The van der Waals surface area contributed by atoms with E-state index in [1.54, 1.807) is 7.11 Å². The second-order valence-electron chi connectivity index (χ2n) is 4.04. The van der Waals surface area contributed by atoms with Crippen LogP contribution in [0.5, 0.6) is 0 Å². The van der Waals surface area contributed by atoms with E-state index in [0.29, 0.717) is 0 Å². The second-order valence-corrected chi connectivity index (χ2v) is 6.10. The average molecular weight is 355 g/mol. The van der Waals surface area contributed by atoms with Gasteiger partial charge in [-0.2, -0.15) is 0 Å². The Hall–Kier alpha value is -1.07. The van der Waals surface area contributed by atoms with E-state index in [2.05, 4.69) is 27.2 Å². The normalized spacial score (nSPS) is 15.3. The van der Waals surface area contributed by atoms with Crippen LogP contribution in [0.4, 0.5) is 0 Å². The molecule has 2 rings (SSSR count). The molecule has 1 N–H and O–H groups in total. The Labute approximate surface area is 118 Å². The number of hydrogen-bond donors (Lipinski definition) is 1. The molecule has 0 unspecified atom stereocenters. The summed E-state index contributed by atoms with van der Waals surface area (Å²) >= 11 is -0.0691. The molecule has 0 saturated heterocycles. The van der Waals surface area contributed by atoms with Crippen LogP contribution in [0.1, 0.15) is 16.7 Å². The molecule has 1 aromatic rings. The summed E-state index contributed by atoms with van der Waals surface area (Å²) in [6.07, 6.45) is 4.21. The molecule has 96 valence electrons. The van der Waals surface area contributed by atoms with Gasteiger partial charge in [-0.25, -0.2) is 0 Å². The molecule has 0 radical (unpaired) electrons. The first-order valence-electron chi connectivity index (χ1n) is 5.69. The number of allylic oxidation sites excluding steroid dienone is 3. The van der Waals surface area contributed by atoms with Crippen LogP contribution in [0.15, 0.2) is 44.3 Å². The van der Waals surface area contributed by atoms with Crippen molar-refractivity contribution >= 4 is 5.57 Å². The van der Waals surface area contributed by atoms with Gasteiger partial charge in [-0.05, 0) is 0 Å². The molecule has 3 heteroatoms. The third-order valence-electron chi connectivity index (χ3n) is 2.81. The van der Waals surface area contributed by atoms with Crippen molar-refractivity contribution in [1.82, 2.24) is 0 Å². The average Bonchev–Trinajstić information content (AvgIpc) is 2.64. The third kappa shape index (κ3) is 3.03. The summed E-state index contributed by atoms with van der Waals surface area (Å²) in [7, 11) is 1.70. The van der Waals surface area contributed by atoms with Crippen molar-refractivity contribution in [3.8, 4) is 0 Å². The van der Waals surface area contributed by atoms with Crippen LogP contribution in [0.25, 0.3) is 5.57 Å². The van der Waals surface area contributed by atoms with Gasteiger partial charge in [0.25, 0.3) is 0 Å². The minimum absolute atomic E-state index is 0.0691. The van der Waals surface area contributed by atoms with Crippen LogP contribution < -0.4 is 21.2 Å². The fraction of sp³-hybridized carbons (Fsp3) is 0.200. The number of methoxy groups -OCH3 is 1. The van der Waals surface area contributed by atoms with Crippen LogP contribution in [-0.2, 0) is 11.3 Å². The van der Waals surface area contributed by atoms with E-state index in [1.165, 1.54) is 5.56 Å². The van der Waals surface area contributed by atoms with Crippen LogP contribution in [-0.4, -0.2) is 12.2 Å². The number of rotatable bonds is 3. The van der Waals surface area contributed by atoms with E-state index in [1.807, 2.05) is 18.2 Å². The van der Waals surface area contributed by atoms with Crippen LogP contribution in [0.2, 0.25) is 0 Å². The molecule has 2 nitrogen and oxygen atoms in total. The molecule has 1 heterocycles. The summed E-state index contributed by atoms with van der Waals surface area (Å²) in [5.41, 5.74) is 4.45. The standard InChI is InChI=1S/C15H16IO2/c1-11-3-4-12(10-17)7-15(11)13-5-6-16-9-14(8-13)18-2/h3-9,17H,10H2,1-2H3/q-1. The monoisotopic (exact) mass is 355 g/mol. The Bertz CT molecular complexity index is 527. The second kappa shape index (κ2) is 6.20. The number of halogens is 1. The molecular weight excluding hydrogens is 339 g/mol. The van der Waals surface area contributed by atoms with Gasteiger partial charge >= 0.3 is 118 Å². The fourth-order valence-corrected chi connectivity index (χ4v) is 3.38. The van der Waals surface area contributed by atoms with Crippen molar-refractivity contribution in [2.75, 3.05) is 7.11 Å². The topological polar surface area (TPSA) is 29.5 Å².